The fourth-order valence-corrected chi connectivity index (χ4v) is 3.59. The Kier molecular flexibility index (Phi) is 5.51. The maximum Gasteiger partial charge on any atom is 0.232 e. The van der Waals surface area contributed by atoms with Crippen LogP contribution < -0.4 is 10.2 Å². The van der Waals surface area contributed by atoms with Crippen LogP contribution in [0, 0.1) is 0 Å². The number of methoxy groups -OCH3 is 1. The molecule has 5 heteroatoms. The van der Waals surface area contributed by atoms with Crippen LogP contribution in [0.3, 0.4) is 0 Å². The second-order valence-electron chi connectivity index (χ2n) is 6.79. The maximum atomic E-state index is 5.87. The van der Waals surface area contributed by atoms with Crippen LogP contribution in [-0.4, -0.2) is 32.0 Å². The molecule has 1 aromatic heterocycles. The monoisotopic (exact) mass is 363 g/mol. The van der Waals surface area contributed by atoms with Gasteiger partial charge in [0.15, 0.2) is 0 Å². The molecule has 27 heavy (non-hydrogen) atoms. The van der Waals surface area contributed by atoms with Gasteiger partial charge in [0, 0.05) is 38.9 Å². The predicted octanol–water partition coefficient (Wildman–Crippen LogP) is 3.64. The number of nitrogens with zero attached hydrogens (tertiary/aromatic N) is 2. The van der Waals surface area contributed by atoms with Crippen LogP contribution >= 0.6 is 0 Å². The highest BCUT2D eigenvalue weighted by Crippen LogP contribution is 2.33. The molecular formula is C22H25N3O2. The van der Waals surface area contributed by atoms with Crippen LogP contribution in [0.15, 0.2) is 59.1 Å². The van der Waals surface area contributed by atoms with Crippen molar-refractivity contribution >= 4 is 5.88 Å². The highest BCUT2D eigenvalue weighted by atomic mass is 16.5. The summed E-state index contributed by atoms with van der Waals surface area (Å²) >= 11 is 0. The Morgan fingerprint density at radius 1 is 1.07 bits per heavy atom. The van der Waals surface area contributed by atoms with Crippen LogP contribution in [0.25, 0.3) is 11.3 Å². The van der Waals surface area contributed by atoms with Gasteiger partial charge in [-0.3, -0.25) is 0 Å². The molecule has 0 atom stereocenters. The van der Waals surface area contributed by atoms with E-state index in [1.165, 1.54) is 11.1 Å². The molecule has 0 saturated heterocycles. The lowest BCUT2D eigenvalue weighted by molar-refractivity contribution is 0.199. The minimum atomic E-state index is 0.679. The molecule has 0 spiro atoms. The van der Waals surface area contributed by atoms with Gasteiger partial charge in [-0.15, -0.1) is 0 Å². The molecule has 1 N–H and O–H groups in total. The molecule has 4 rings (SSSR count). The first-order valence-corrected chi connectivity index (χ1v) is 9.42. The lowest BCUT2D eigenvalue weighted by atomic mass is 9.99. The van der Waals surface area contributed by atoms with Crippen molar-refractivity contribution in [3.05, 3.63) is 71.3 Å². The molecule has 2 aromatic carbocycles. The number of fused-ring (bicyclic) bond motifs is 1. The topological polar surface area (TPSA) is 50.5 Å². The average Bonchev–Trinajstić information content (AvgIpc) is 3.15. The van der Waals surface area contributed by atoms with E-state index in [1.807, 2.05) is 18.2 Å². The number of nitrogens with one attached hydrogen (secondary N) is 1. The molecule has 2 heterocycles. The fourth-order valence-electron chi connectivity index (χ4n) is 3.59. The normalized spacial score (nSPS) is 13.6. The zero-order valence-corrected chi connectivity index (χ0v) is 15.6. The van der Waals surface area contributed by atoms with Crippen molar-refractivity contribution < 1.29 is 9.26 Å². The number of anilines is 1. The fraction of sp³-hybridized carbons (Fsp3) is 0.318. The summed E-state index contributed by atoms with van der Waals surface area (Å²) in [6.07, 6.45) is 1.02. The minimum absolute atomic E-state index is 0.679. The Morgan fingerprint density at radius 2 is 1.85 bits per heavy atom. The summed E-state index contributed by atoms with van der Waals surface area (Å²) in [6, 6.07) is 18.9. The van der Waals surface area contributed by atoms with Crippen molar-refractivity contribution in [2.45, 2.75) is 19.5 Å². The number of rotatable bonds is 7. The van der Waals surface area contributed by atoms with Gasteiger partial charge in [0.25, 0.3) is 0 Å². The first-order chi connectivity index (χ1) is 13.4. The van der Waals surface area contributed by atoms with E-state index < -0.39 is 0 Å². The van der Waals surface area contributed by atoms with Crippen LogP contribution in [-0.2, 0) is 24.2 Å². The smallest absolute Gasteiger partial charge is 0.232 e. The molecule has 0 aliphatic carbocycles. The second kappa shape index (κ2) is 8.37. The summed E-state index contributed by atoms with van der Waals surface area (Å²) in [6.45, 7) is 3.96. The van der Waals surface area contributed by atoms with Gasteiger partial charge in [0.1, 0.15) is 5.69 Å². The van der Waals surface area contributed by atoms with Crippen molar-refractivity contribution in [2.75, 3.05) is 31.7 Å². The Bertz CT molecular complexity index is 876. The predicted molar refractivity (Wildman–Crippen MR) is 107 cm³/mol. The molecule has 1 aliphatic rings. The van der Waals surface area contributed by atoms with E-state index in [2.05, 4.69) is 51.8 Å². The molecule has 0 amide bonds. The van der Waals surface area contributed by atoms with Crippen LogP contribution in [0.2, 0.25) is 0 Å². The Morgan fingerprint density at radius 3 is 2.67 bits per heavy atom. The van der Waals surface area contributed by atoms with Gasteiger partial charge in [-0.25, -0.2) is 0 Å². The van der Waals surface area contributed by atoms with Crippen molar-refractivity contribution in [3.63, 3.8) is 0 Å². The van der Waals surface area contributed by atoms with Crippen LogP contribution in [0.5, 0.6) is 0 Å². The van der Waals surface area contributed by atoms with Gasteiger partial charge >= 0.3 is 0 Å². The minimum Gasteiger partial charge on any atom is -0.383 e. The standard InChI is InChI=1S/C22H25N3O2/c1-26-14-12-23-15-20-21(18-8-3-2-4-9-18)24-27-22(20)25-13-11-17-7-5-6-10-19(17)16-25/h2-10,23H,11-16H2,1H3. The highest BCUT2D eigenvalue weighted by Gasteiger charge is 2.25. The quantitative estimate of drug-likeness (QED) is 0.650. The lowest BCUT2D eigenvalue weighted by Crippen LogP contribution is -2.31. The third-order valence-electron chi connectivity index (χ3n) is 5.02. The zero-order chi connectivity index (χ0) is 18.5. The third kappa shape index (κ3) is 3.89. The molecule has 0 unspecified atom stereocenters. The van der Waals surface area contributed by atoms with Crippen LogP contribution in [0.4, 0.5) is 5.88 Å². The van der Waals surface area contributed by atoms with E-state index in [9.17, 15) is 0 Å². The van der Waals surface area contributed by atoms with E-state index in [0.29, 0.717) is 13.2 Å². The summed E-state index contributed by atoms with van der Waals surface area (Å²) in [4.78, 5) is 2.30. The molecule has 0 bridgehead atoms. The summed E-state index contributed by atoms with van der Waals surface area (Å²) < 4.78 is 11.0. The van der Waals surface area contributed by atoms with E-state index in [-0.39, 0.29) is 0 Å². The van der Waals surface area contributed by atoms with Crippen LogP contribution in [0.1, 0.15) is 16.7 Å². The summed E-state index contributed by atoms with van der Waals surface area (Å²) in [5, 5.41) is 7.87. The zero-order valence-electron chi connectivity index (χ0n) is 15.6. The van der Waals surface area contributed by atoms with E-state index in [4.69, 9.17) is 9.26 Å². The number of benzene rings is 2. The summed E-state index contributed by atoms with van der Waals surface area (Å²) in [5.41, 5.74) is 5.88. The van der Waals surface area contributed by atoms with Gasteiger partial charge in [0.2, 0.25) is 5.88 Å². The Balaban J connectivity index is 1.63. The van der Waals surface area contributed by atoms with Crippen molar-refractivity contribution in [1.29, 1.82) is 0 Å². The largest absolute Gasteiger partial charge is 0.383 e. The number of ether oxygens (including phenoxy) is 1. The Hall–Kier alpha value is -2.63. The molecule has 1 aliphatic heterocycles. The molecule has 0 saturated carbocycles. The van der Waals surface area contributed by atoms with Crippen molar-refractivity contribution in [3.8, 4) is 11.3 Å². The SMILES string of the molecule is COCCNCc1c(-c2ccccc2)noc1N1CCc2ccccc2C1. The maximum absolute atomic E-state index is 5.87. The third-order valence-corrected chi connectivity index (χ3v) is 5.02. The number of aromatic nitrogens is 1. The summed E-state index contributed by atoms with van der Waals surface area (Å²) in [5.74, 6) is 0.869. The van der Waals surface area contributed by atoms with E-state index in [0.717, 1.165) is 48.8 Å². The Labute approximate surface area is 159 Å². The number of hydrogen-bond acceptors (Lipinski definition) is 5. The van der Waals surface area contributed by atoms with Gasteiger partial charge in [0.05, 0.1) is 12.2 Å². The molecular weight excluding hydrogens is 338 g/mol. The van der Waals surface area contributed by atoms with Gasteiger partial charge in [-0.2, -0.15) is 0 Å². The molecule has 3 aromatic rings. The van der Waals surface area contributed by atoms with Gasteiger partial charge in [-0.1, -0.05) is 59.8 Å². The average molecular weight is 363 g/mol. The lowest BCUT2D eigenvalue weighted by Gasteiger charge is -2.28. The molecule has 140 valence electrons. The molecule has 5 nitrogen and oxygen atoms in total. The van der Waals surface area contributed by atoms with E-state index in [1.54, 1.807) is 7.11 Å². The first-order valence-electron chi connectivity index (χ1n) is 9.42. The van der Waals surface area contributed by atoms with Gasteiger partial charge in [-0.05, 0) is 17.5 Å². The number of hydrogen-bond donors (Lipinski definition) is 1. The summed E-state index contributed by atoms with van der Waals surface area (Å²) in [7, 11) is 1.72. The van der Waals surface area contributed by atoms with Crippen molar-refractivity contribution in [2.24, 2.45) is 0 Å². The van der Waals surface area contributed by atoms with Gasteiger partial charge < -0.3 is 19.5 Å². The van der Waals surface area contributed by atoms with E-state index >= 15 is 0 Å². The van der Waals surface area contributed by atoms with Crippen molar-refractivity contribution in [1.82, 2.24) is 10.5 Å². The second-order valence-corrected chi connectivity index (χ2v) is 6.79. The first kappa shape index (κ1) is 17.8. The molecule has 0 fully saturated rings. The highest BCUT2D eigenvalue weighted by molar-refractivity contribution is 5.68. The molecule has 0 radical (unpaired) electrons.